The Bertz CT molecular complexity index is 200. The molecule has 0 aromatic carbocycles. The Hall–Kier alpha value is -0.120. The fraction of sp³-hybridized carbons (Fsp3) is 1.00. The van der Waals surface area contributed by atoms with Crippen LogP contribution in [-0.2, 0) is 0 Å². The van der Waals surface area contributed by atoms with E-state index in [2.05, 4.69) is 12.2 Å². The molecule has 0 heterocycles. The van der Waals surface area contributed by atoms with Crippen LogP contribution < -0.4 is 5.32 Å². The normalized spacial score (nSPS) is 33.0. The van der Waals surface area contributed by atoms with Gasteiger partial charge in [0.25, 0.3) is 0 Å². The van der Waals surface area contributed by atoms with Gasteiger partial charge in [0.2, 0.25) is 0 Å². The highest BCUT2D eigenvalue weighted by atomic mass is 16.3. The summed E-state index contributed by atoms with van der Waals surface area (Å²) in [4.78, 5) is 0. The Labute approximate surface area is 92.9 Å². The first kappa shape index (κ1) is 12.9. The lowest BCUT2D eigenvalue weighted by Crippen LogP contribution is -2.47. The number of nitrogens with one attached hydrogen (secondary N) is 1. The lowest BCUT2D eigenvalue weighted by molar-refractivity contribution is -0.0166. The quantitative estimate of drug-likeness (QED) is 0.662. The minimum absolute atomic E-state index is 0.531. The van der Waals surface area contributed by atoms with Crippen LogP contribution in [0.1, 0.15) is 46.5 Å². The highest BCUT2D eigenvalue weighted by molar-refractivity contribution is 4.87. The molecule has 1 aliphatic rings. The molecule has 3 heteroatoms. The molecule has 0 aliphatic heterocycles. The van der Waals surface area contributed by atoms with Gasteiger partial charge in [0.05, 0.1) is 11.2 Å². The van der Waals surface area contributed by atoms with Crippen molar-refractivity contribution in [2.75, 3.05) is 13.1 Å². The smallest absolute Gasteiger partial charge is 0.0774 e. The fourth-order valence-corrected chi connectivity index (χ4v) is 2.39. The van der Waals surface area contributed by atoms with Crippen LogP contribution >= 0.6 is 0 Å². The monoisotopic (exact) mass is 215 g/mol. The molecule has 1 rings (SSSR count). The Morgan fingerprint density at radius 3 is 2.67 bits per heavy atom. The molecule has 2 unspecified atom stereocenters. The third-order valence-corrected chi connectivity index (χ3v) is 3.08. The van der Waals surface area contributed by atoms with Crippen LogP contribution in [0.4, 0.5) is 0 Å². The summed E-state index contributed by atoms with van der Waals surface area (Å²) in [6.07, 6.45) is 4.11. The van der Waals surface area contributed by atoms with E-state index in [1.54, 1.807) is 13.8 Å². The van der Waals surface area contributed by atoms with Crippen molar-refractivity contribution >= 4 is 0 Å². The Kier molecular flexibility index (Phi) is 4.15. The first-order valence-electron chi connectivity index (χ1n) is 5.96. The van der Waals surface area contributed by atoms with E-state index in [1.165, 1.54) is 6.42 Å². The van der Waals surface area contributed by atoms with Crippen molar-refractivity contribution in [3.8, 4) is 0 Å². The van der Waals surface area contributed by atoms with Crippen molar-refractivity contribution in [3.63, 3.8) is 0 Å². The van der Waals surface area contributed by atoms with Gasteiger partial charge in [-0.25, -0.2) is 0 Å². The summed E-state index contributed by atoms with van der Waals surface area (Å²) < 4.78 is 0. The summed E-state index contributed by atoms with van der Waals surface area (Å²) in [5.41, 5.74) is -1.25. The largest absolute Gasteiger partial charge is 0.389 e. The molecule has 0 saturated heterocycles. The second-order valence-electron chi connectivity index (χ2n) is 5.84. The average Bonchev–Trinajstić information content (AvgIpc) is 1.99. The van der Waals surface area contributed by atoms with E-state index in [0.29, 0.717) is 19.0 Å². The number of hydrogen-bond acceptors (Lipinski definition) is 3. The predicted octanol–water partition coefficient (Wildman–Crippen LogP) is 1.29. The van der Waals surface area contributed by atoms with Gasteiger partial charge in [0.15, 0.2) is 0 Å². The van der Waals surface area contributed by atoms with Gasteiger partial charge in [-0.05, 0) is 32.6 Å². The summed E-state index contributed by atoms with van der Waals surface area (Å²) in [6.45, 7) is 6.87. The van der Waals surface area contributed by atoms with E-state index in [4.69, 9.17) is 0 Å². The third-order valence-electron chi connectivity index (χ3n) is 3.08. The zero-order valence-corrected chi connectivity index (χ0v) is 10.2. The molecule has 0 amide bonds. The molecule has 0 radical (unpaired) electrons. The van der Waals surface area contributed by atoms with Crippen LogP contribution in [0.15, 0.2) is 0 Å². The molecule has 2 atom stereocenters. The molecule has 90 valence electrons. The van der Waals surface area contributed by atoms with Gasteiger partial charge in [-0.1, -0.05) is 19.8 Å². The van der Waals surface area contributed by atoms with Gasteiger partial charge in [-0.15, -0.1) is 0 Å². The van der Waals surface area contributed by atoms with E-state index in [1.807, 2.05) is 0 Å². The maximum Gasteiger partial charge on any atom is 0.0774 e. The van der Waals surface area contributed by atoms with Crippen molar-refractivity contribution in [1.29, 1.82) is 0 Å². The van der Waals surface area contributed by atoms with Crippen molar-refractivity contribution in [2.45, 2.75) is 57.7 Å². The van der Waals surface area contributed by atoms with Crippen molar-refractivity contribution in [3.05, 3.63) is 0 Å². The van der Waals surface area contributed by atoms with Gasteiger partial charge < -0.3 is 15.5 Å². The van der Waals surface area contributed by atoms with E-state index in [9.17, 15) is 10.2 Å². The number of aliphatic hydroxyl groups is 2. The van der Waals surface area contributed by atoms with E-state index < -0.39 is 11.2 Å². The minimum atomic E-state index is -0.698. The minimum Gasteiger partial charge on any atom is -0.389 e. The number of rotatable bonds is 4. The van der Waals surface area contributed by atoms with Gasteiger partial charge in [0.1, 0.15) is 0 Å². The first-order chi connectivity index (χ1) is 6.81. The van der Waals surface area contributed by atoms with Crippen molar-refractivity contribution in [2.24, 2.45) is 5.92 Å². The molecule has 0 bridgehead atoms. The zero-order valence-electron chi connectivity index (χ0n) is 10.2. The second kappa shape index (κ2) is 4.81. The Morgan fingerprint density at radius 1 is 1.47 bits per heavy atom. The van der Waals surface area contributed by atoms with E-state index in [0.717, 1.165) is 19.3 Å². The van der Waals surface area contributed by atoms with Crippen LogP contribution in [-0.4, -0.2) is 34.5 Å². The predicted molar refractivity (Wildman–Crippen MR) is 61.7 cm³/mol. The molecule has 3 nitrogen and oxygen atoms in total. The molecule has 0 spiro atoms. The maximum absolute atomic E-state index is 10.3. The maximum atomic E-state index is 10.3. The zero-order chi connectivity index (χ0) is 11.5. The molecular weight excluding hydrogens is 190 g/mol. The summed E-state index contributed by atoms with van der Waals surface area (Å²) >= 11 is 0. The topological polar surface area (TPSA) is 52.5 Å². The highest BCUT2D eigenvalue weighted by Gasteiger charge is 2.32. The van der Waals surface area contributed by atoms with E-state index >= 15 is 0 Å². The summed E-state index contributed by atoms with van der Waals surface area (Å²) in [7, 11) is 0. The van der Waals surface area contributed by atoms with Crippen LogP contribution in [0.2, 0.25) is 0 Å². The summed E-state index contributed by atoms with van der Waals surface area (Å²) in [5, 5.41) is 23.0. The second-order valence-corrected chi connectivity index (χ2v) is 5.84. The molecule has 1 saturated carbocycles. The summed E-state index contributed by atoms with van der Waals surface area (Å²) in [6, 6.07) is 0. The van der Waals surface area contributed by atoms with Crippen LogP contribution in [0.25, 0.3) is 0 Å². The van der Waals surface area contributed by atoms with Gasteiger partial charge in [-0.3, -0.25) is 0 Å². The molecule has 1 aliphatic carbocycles. The number of hydrogen-bond donors (Lipinski definition) is 3. The molecular formula is C12H25NO2. The van der Waals surface area contributed by atoms with Crippen LogP contribution in [0, 0.1) is 5.92 Å². The highest BCUT2D eigenvalue weighted by Crippen LogP contribution is 2.31. The Morgan fingerprint density at radius 2 is 2.13 bits per heavy atom. The lowest BCUT2D eigenvalue weighted by atomic mass is 9.79. The van der Waals surface area contributed by atoms with Crippen molar-refractivity contribution < 1.29 is 10.2 Å². The SMILES string of the molecule is CC1CCCC(O)(CNCC(C)(C)O)C1. The van der Waals surface area contributed by atoms with Crippen molar-refractivity contribution in [1.82, 2.24) is 5.32 Å². The van der Waals surface area contributed by atoms with Gasteiger partial charge in [-0.2, -0.15) is 0 Å². The first-order valence-corrected chi connectivity index (χ1v) is 5.96. The molecule has 3 N–H and O–H groups in total. The fourth-order valence-electron chi connectivity index (χ4n) is 2.39. The standard InChI is InChI=1S/C12H25NO2/c1-10-5-4-6-12(15,7-10)9-13-8-11(2,3)14/h10,13-15H,4-9H2,1-3H3. The summed E-state index contributed by atoms with van der Waals surface area (Å²) in [5.74, 6) is 0.618. The van der Waals surface area contributed by atoms with Gasteiger partial charge >= 0.3 is 0 Å². The third kappa shape index (κ3) is 4.96. The molecule has 1 fully saturated rings. The lowest BCUT2D eigenvalue weighted by Gasteiger charge is -2.36. The van der Waals surface area contributed by atoms with Gasteiger partial charge in [0, 0.05) is 13.1 Å². The molecule has 15 heavy (non-hydrogen) atoms. The van der Waals surface area contributed by atoms with Crippen LogP contribution in [0.5, 0.6) is 0 Å². The molecule has 0 aromatic heterocycles. The molecule has 0 aromatic rings. The van der Waals surface area contributed by atoms with E-state index in [-0.39, 0.29) is 0 Å². The average molecular weight is 215 g/mol. The Balaban J connectivity index is 2.30. The van der Waals surface area contributed by atoms with Crippen LogP contribution in [0.3, 0.4) is 0 Å².